The number of hydrogen-bond donors (Lipinski definition) is 2. The van der Waals surface area contributed by atoms with Crippen LogP contribution in [0.25, 0.3) is 0 Å². The summed E-state index contributed by atoms with van der Waals surface area (Å²) in [4.78, 5) is 14.6. The van der Waals surface area contributed by atoms with Crippen molar-refractivity contribution in [2.24, 2.45) is 0 Å². The van der Waals surface area contributed by atoms with Crippen LogP contribution in [0.2, 0.25) is 0 Å². The zero-order valence-corrected chi connectivity index (χ0v) is 13.0. The Hall–Kier alpha value is -0.320. The van der Waals surface area contributed by atoms with Gasteiger partial charge in [-0.15, -0.1) is 12.4 Å². The van der Waals surface area contributed by atoms with Gasteiger partial charge in [0.05, 0.1) is 6.04 Å². The summed E-state index contributed by atoms with van der Waals surface area (Å²) in [5, 5.41) is 6.53. The fourth-order valence-electron chi connectivity index (χ4n) is 2.94. The summed E-state index contributed by atoms with van der Waals surface area (Å²) in [6.07, 6.45) is 5.57. The lowest BCUT2D eigenvalue weighted by Gasteiger charge is -2.35. The fourth-order valence-corrected chi connectivity index (χ4v) is 2.94. The molecule has 0 aromatic carbocycles. The quantitative estimate of drug-likeness (QED) is 0.828. The minimum atomic E-state index is 0. The number of nitrogens with one attached hydrogen (secondary N) is 2. The molecule has 2 aliphatic rings. The molecule has 2 fully saturated rings. The van der Waals surface area contributed by atoms with Gasteiger partial charge in [-0.25, -0.2) is 0 Å². The van der Waals surface area contributed by atoms with Crippen molar-refractivity contribution in [2.45, 2.75) is 64.1 Å². The lowest BCUT2D eigenvalue weighted by molar-refractivity contribution is -0.124. The van der Waals surface area contributed by atoms with E-state index in [2.05, 4.69) is 29.4 Å². The highest BCUT2D eigenvalue weighted by molar-refractivity contribution is 5.85. The van der Waals surface area contributed by atoms with Gasteiger partial charge in [-0.05, 0) is 46.1 Å². The van der Waals surface area contributed by atoms with Gasteiger partial charge in [-0.1, -0.05) is 6.42 Å². The third kappa shape index (κ3) is 4.93. The molecule has 4 nitrogen and oxygen atoms in total. The molecular weight excluding hydrogens is 262 g/mol. The Morgan fingerprint density at radius 3 is 2.42 bits per heavy atom. The van der Waals surface area contributed by atoms with Crippen molar-refractivity contribution in [3.63, 3.8) is 0 Å². The molecule has 2 saturated heterocycles. The third-order valence-corrected chi connectivity index (χ3v) is 4.23. The van der Waals surface area contributed by atoms with E-state index in [4.69, 9.17) is 0 Å². The number of likely N-dealkylation sites (tertiary alicyclic amines) is 1. The Morgan fingerprint density at radius 2 is 1.89 bits per heavy atom. The predicted molar refractivity (Wildman–Crippen MR) is 80.8 cm³/mol. The lowest BCUT2D eigenvalue weighted by atomic mass is 10.0. The maximum Gasteiger partial charge on any atom is 0.237 e. The zero-order valence-electron chi connectivity index (χ0n) is 12.2. The third-order valence-electron chi connectivity index (χ3n) is 4.23. The minimum Gasteiger partial charge on any atom is -0.352 e. The van der Waals surface area contributed by atoms with Crippen molar-refractivity contribution in [2.75, 3.05) is 19.6 Å². The summed E-state index contributed by atoms with van der Waals surface area (Å²) >= 11 is 0. The Bertz CT molecular complexity index is 272. The van der Waals surface area contributed by atoms with Crippen LogP contribution in [0.1, 0.15) is 46.0 Å². The highest BCUT2D eigenvalue weighted by Crippen LogP contribution is 2.14. The summed E-state index contributed by atoms with van der Waals surface area (Å²) in [7, 11) is 0. The molecule has 2 rings (SSSR count). The van der Waals surface area contributed by atoms with Crippen LogP contribution >= 0.6 is 12.4 Å². The van der Waals surface area contributed by atoms with Gasteiger partial charge in [0.25, 0.3) is 0 Å². The van der Waals surface area contributed by atoms with Gasteiger partial charge in [-0.2, -0.15) is 0 Å². The van der Waals surface area contributed by atoms with Crippen LogP contribution in [0, 0.1) is 0 Å². The first-order chi connectivity index (χ1) is 8.66. The monoisotopic (exact) mass is 289 g/mol. The summed E-state index contributed by atoms with van der Waals surface area (Å²) in [5.41, 5.74) is 0. The lowest BCUT2D eigenvalue weighted by Crippen LogP contribution is -2.52. The van der Waals surface area contributed by atoms with Crippen molar-refractivity contribution in [3.8, 4) is 0 Å². The molecule has 2 aliphatic heterocycles. The molecule has 5 heteroatoms. The second-order valence-electron chi connectivity index (χ2n) is 5.92. The van der Waals surface area contributed by atoms with E-state index in [9.17, 15) is 4.79 Å². The fraction of sp³-hybridized carbons (Fsp3) is 0.929. The molecule has 1 atom stereocenters. The average Bonchev–Trinajstić information content (AvgIpc) is 2.40. The SMILES string of the molecule is CC(C)N1CCC(NC(=O)[C@@H]2CCCCN2)CC1.Cl. The number of carbonyl (C=O) groups excluding carboxylic acids is 1. The van der Waals surface area contributed by atoms with E-state index in [0.29, 0.717) is 12.1 Å². The van der Waals surface area contributed by atoms with Crippen LogP contribution in [-0.4, -0.2) is 48.6 Å². The van der Waals surface area contributed by atoms with E-state index in [1.165, 1.54) is 12.8 Å². The minimum absolute atomic E-state index is 0. The van der Waals surface area contributed by atoms with Crippen molar-refractivity contribution in [1.29, 1.82) is 0 Å². The second-order valence-corrected chi connectivity index (χ2v) is 5.92. The zero-order chi connectivity index (χ0) is 13.0. The van der Waals surface area contributed by atoms with E-state index in [-0.39, 0.29) is 24.4 Å². The predicted octanol–water partition coefficient (Wildman–Crippen LogP) is 1.54. The van der Waals surface area contributed by atoms with E-state index >= 15 is 0 Å². The van der Waals surface area contributed by atoms with Crippen molar-refractivity contribution >= 4 is 18.3 Å². The Morgan fingerprint density at radius 1 is 1.21 bits per heavy atom. The molecule has 0 unspecified atom stereocenters. The first kappa shape index (κ1) is 16.7. The molecule has 0 aromatic rings. The van der Waals surface area contributed by atoms with Gasteiger partial charge in [0.1, 0.15) is 0 Å². The second kappa shape index (κ2) is 8.08. The summed E-state index contributed by atoms with van der Waals surface area (Å²) < 4.78 is 0. The van der Waals surface area contributed by atoms with Crippen molar-refractivity contribution < 1.29 is 4.79 Å². The van der Waals surface area contributed by atoms with Crippen molar-refractivity contribution in [3.05, 3.63) is 0 Å². The molecule has 0 radical (unpaired) electrons. The normalized spacial score (nSPS) is 25.9. The Kier molecular flexibility index (Phi) is 7.11. The van der Waals surface area contributed by atoms with Crippen molar-refractivity contribution in [1.82, 2.24) is 15.5 Å². The maximum absolute atomic E-state index is 12.1. The molecule has 0 spiro atoms. The van der Waals surface area contributed by atoms with E-state index in [0.717, 1.165) is 38.9 Å². The molecule has 2 N–H and O–H groups in total. The van der Waals surface area contributed by atoms with Gasteiger partial charge in [0.15, 0.2) is 0 Å². The Labute approximate surface area is 123 Å². The molecule has 112 valence electrons. The van der Waals surface area contributed by atoms with Gasteiger partial charge in [0.2, 0.25) is 5.91 Å². The summed E-state index contributed by atoms with van der Waals surface area (Å²) in [6, 6.07) is 1.07. The molecule has 0 saturated carbocycles. The summed E-state index contributed by atoms with van der Waals surface area (Å²) in [5.74, 6) is 0.220. The molecule has 19 heavy (non-hydrogen) atoms. The molecule has 0 aromatic heterocycles. The number of piperidine rings is 2. The van der Waals surface area contributed by atoms with Crippen LogP contribution in [0.3, 0.4) is 0 Å². The number of hydrogen-bond acceptors (Lipinski definition) is 3. The van der Waals surface area contributed by atoms with E-state index < -0.39 is 0 Å². The molecule has 0 bridgehead atoms. The van der Waals surface area contributed by atoms with Gasteiger partial charge in [0, 0.05) is 25.2 Å². The number of carbonyl (C=O) groups is 1. The largest absolute Gasteiger partial charge is 0.352 e. The molecule has 2 heterocycles. The number of halogens is 1. The summed E-state index contributed by atoms with van der Waals surface area (Å²) in [6.45, 7) is 7.70. The van der Waals surface area contributed by atoms with Gasteiger partial charge in [-0.3, -0.25) is 4.79 Å². The van der Waals surface area contributed by atoms with Crippen LogP contribution < -0.4 is 10.6 Å². The van der Waals surface area contributed by atoms with Crippen LogP contribution in [0.5, 0.6) is 0 Å². The molecular formula is C14H28ClN3O. The first-order valence-corrected chi connectivity index (χ1v) is 7.44. The average molecular weight is 290 g/mol. The highest BCUT2D eigenvalue weighted by Gasteiger charge is 2.26. The van der Waals surface area contributed by atoms with Crippen LogP contribution in [-0.2, 0) is 4.79 Å². The van der Waals surface area contributed by atoms with Gasteiger partial charge < -0.3 is 15.5 Å². The van der Waals surface area contributed by atoms with Crippen LogP contribution in [0.15, 0.2) is 0 Å². The first-order valence-electron chi connectivity index (χ1n) is 7.44. The molecule has 1 amide bonds. The molecule has 0 aliphatic carbocycles. The standard InChI is InChI=1S/C14H27N3O.ClH/c1-11(2)17-9-6-12(7-10-17)16-14(18)13-5-3-4-8-15-13;/h11-13,15H,3-10H2,1-2H3,(H,16,18);1H/t13-;/m0./s1. The number of amides is 1. The number of nitrogens with zero attached hydrogens (tertiary/aromatic N) is 1. The smallest absolute Gasteiger partial charge is 0.237 e. The van der Waals surface area contributed by atoms with E-state index in [1.807, 2.05) is 0 Å². The van der Waals surface area contributed by atoms with Crippen LogP contribution in [0.4, 0.5) is 0 Å². The Balaban J connectivity index is 0.00000180. The van der Waals surface area contributed by atoms with Gasteiger partial charge >= 0.3 is 0 Å². The topological polar surface area (TPSA) is 44.4 Å². The number of rotatable bonds is 3. The van der Waals surface area contributed by atoms with E-state index in [1.54, 1.807) is 0 Å². The highest BCUT2D eigenvalue weighted by atomic mass is 35.5. The maximum atomic E-state index is 12.1.